The van der Waals surface area contributed by atoms with Crippen molar-refractivity contribution >= 4 is 11.7 Å². The minimum absolute atomic E-state index is 0.0665. The van der Waals surface area contributed by atoms with Gasteiger partial charge in [0.05, 0.1) is 6.33 Å². The van der Waals surface area contributed by atoms with Crippen molar-refractivity contribution in [2.45, 2.75) is 32.2 Å². The van der Waals surface area contributed by atoms with Gasteiger partial charge in [0, 0.05) is 19.2 Å². The average molecular weight is 250 g/mol. The highest BCUT2D eigenvalue weighted by atomic mass is 16.2. The maximum absolute atomic E-state index is 12.1. The lowest BCUT2D eigenvalue weighted by Crippen LogP contribution is -2.44. The fourth-order valence-corrected chi connectivity index (χ4v) is 2.12. The van der Waals surface area contributed by atoms with Crippen LogP contribution in [-0.2, 0) is 4.79 Å². The minimum atomic E-state index is -0.364. The van der Waals surface area contributed by atoms with Crippen molar-refractivity contribution < 1.29 is 4.79 Å². The number of hydrogen-bond acceptors (Lipinski definition) is 4. The third-order valence-electron chi connectivity index (χ3n) is 3.08. The van der Waals surface area contributed by atoms with Crippen molar-refractivity contribution in [3.63, 3.8) is 0 Å². The van der Waals surface area contributed by atoms with Gasteiger partial charge in [0.1, 0.15) is 11.9 Å². The van der Waals surface area contributed by atoms with Gasteiger partial charge in [-0.05, 0) is 26.2 Å². The van der Waals surface area contributed by atoms with Crippen molar-refractivity contribution in [2.75, 3.05) is 18.4 Å². The number of carbonyl (C=O) groups excluding carboxylic acids is 1. The molecule has 1 fully saturated rings. The number of piperidine rings is 1. The molecule has 1 atom stereocenters. The van der Waals surface area contributed by atoms with Gasteiger partial charge < -0.3 is 15.2 Å². The van der Waals surface area contributed by atoms with E-state index in [0.29, 0.717) is 5.82 Å². The molecule has 1 saturated heterocycles. The van der Waals surface area contributed by atoms with E-state index in [0.717, 1.165) is 25.9 Å². The van der Waals surface area contributed by atoms with Crippen LogP contribution in [0.5, 0.6) is 0 Å². The molecule has 0 radical (unpaired) electrons. The molecule has 1 aromatic rings. The quantitative estimate of drug-likeness (QED) is 0.822. The Labute approximate surface area is 105 Å². The molecular formula is C12H18N4O2. The Kier molecular flexibility index (Phi) is 3.96. The Morgan fingerprint density at radius 2 is 2.17 bits per heavy atom. The Morgan fingerprint density at radius 1 is 1.44 bits per heavy atom. The highest BCUT2D eigenvalue weighted by molar-refractivity contribution is 5.84. The maximum Gasteiger partial charge on any atom is 0.252 e. The van der Waals surface area contributed by atoms with E-state index in [1.165, 1.54) is 18.8 Å². The van der Waals surface area contributed by atoms with Gasteiger partial charge in [-0.15, -0.1) is 0 Å². The van der Waals surface area contributed by atoms with Crippen LogP contribution in [0.2, 0.25) is 0 Å². The first-order chi connectivity index (χ1) is 8.66. The smallest absolute Gasteiger partial charge is 0.252 e. The molecule has 0 spiro atoms. The third-order valence-corrected chi connectivity index (χ3v) is 3.08. The van der Waals surface area contributed by atoms with Gasteiger partial charge in [0.25, 0.3) is 5.56 Å². The molecule has 2 heterocycles. The summed E-state index contributed by atoms with van der Waals surface area (Å²) in [4.78, 5) is 31.5. The number of amides is 1. The first kappa shape index (κ1) is 12.6. The van der Waals surface area contributed by atoms with Crippen LogP contribution in [0.4, 0.5) is 5.82 Å². The van der Waals surface area contributed by atoms with Crippen LogP contribution in [0.25, 0.3) is 0 Å². The van der Waals surface area contributed by atoms with Gasteiger partial charge in [0.15, 0.2) is 0 Å². The second-order valence-electron chi connectivity index (χ2n) is 4.55. The first-order valence-corrected chi connectivity index (χ1v) is 6.27. The van der Waals surface area contributed by atoms with Gasteiger partial charge in [-0.2, -0.15) is 0 Å². The number of anilines is 1. The lowest BCUT2D eigenvalue weighted by Gasteiger charge is -2.29. The molecular weight excluding hydrogens is 232 g/mol. The topological polar surface area (TPSA) is 78.1 Å². The number of nitrogens with one attached hydrogen (secondary N) is 2. The summed E-state index contributed by atoms with van der Waals surface area (Å²) in [6.45, 7) is 3.45. The number of H-pyrrole nitrogens is 1. The van der Waals surface area contributed by atoms with Crippen molar-refractivity contribution in [1.82, 2.24) is 14.9 Å². The number of rotatable bonds is 3. The van der Waals surface area contributed by atoms with E-state index in [9.17, 15) is 9.59 Å². The van der Waals surface area contributed by atoms with E-state index < -0.39 is 0 Å². The molecule has 98 valence electrons. The zero-order chi connectivity index (χ0) is 13.0. The zero-order valence-electron chi connectivity index (χ0n) is 10.5. The van der Waals surface area contributed by atoms with Gasteiger partial charge in [0.2, 0.25) is 5.91 Å². The van der Waals surface area contributed by atoms with E-state index in [1.807, 2.05) is 4.90 Å². The molecule has 6 heteroatoms. The molecule has 2 rings (SSSR count). The summed E-state index contributed by atoms with van der Waals surface area (Å²) in [6, 6.07) is 0.984. The Bertz CT molecular complexity index is 465. The number of aromatic amines is 1. The normalized spacial score (nSPS) is 17.3. The summed E-state index contributed by atoms with van der Waals surface area (Å²) >= 11 is 0. The highest BCUT2D eigenvalue weighted by Crippen LogP contribution is 2.11. The minimum Gasteiger partial charge on any atom is -0.358 e. The molecule has 18 heavy (non-hydrogen) atoms. The molecule has 6 nitrogen and oxygen atoms in total. The summed E-state index contributed by atoms with van der Waals surface area (Å²) < 4.78 is 0. The fourth-order valence-electron chi connectivity index (χ4n) is 2.12. The van der Waals surface area contributed by atoms with E-state index in [-0.39, 0.29) is 17.5 Å². The fraction of sp³-hybridized carbons (Fsp3) is 0.583. The second kappa shape index (κ2) is 5.66. The lowest BCUT2D eigenvalue weighted by molar-refractivity contribution is -0.132. The van der Waals surface area contributed by atoms with Gasteiger partial charge >= 0.3 is 0 Å². The number of aromatic nitrogens is 2. The van der Waals surface area contributed by atoms with E-state index in [2.05, 4.69) is 15.3 Å². The van der Waals surface area contributed by atoms with Crippen LogP contribution in [0.1, 0.15) is 26.2 Å². The number of nitrogens with zero attached hydrogens (tertiary/aromatic N) is 2. The van der Waals surface area contributed by atoms with Crippen LogP contribution in [0.3, 0.4) is 0 Å². The number of likely N-dealkylation sites (tertiary alicyclic amines) is 1. The predicted octanol–water partition coefficient (Wildman–Crippen LogP) is 0.583. The highest BCUT2D eigenvalue weighted by Gasteiger charge is 2.22. The summed E-state index contributed by atoms with van der Waals surface area (Å²) in [6.07, 6.45) is 4.66. The lowest BCUT2D eigenvalue weighted by atomic mass is 10.1. The van der Waals surface area contributed by atoms with Gasteiger partial charge in [-0.3, -0.25) is 9.59 Å². The Morgan fingerprint density at radius 3 is 2.83 bits per heavy atom. The van der Waals surface area contributed by atoms with E-state index >= 15 is 0 Å². The van der Waals surface area contributed by atoms with E-state index in [4.69, 9.17) is 0 Å². The van der Waals surface area contributed by atoms with Crippen molar-refractivity contribution in [1.29, 1.82) is 0 Å². The van der Waals surface area contributed by atoms with Crippen molar-refractivity contribution in [3.8, 4) is 0 Å². The molecule has 1 aromatic heterocycles. The summed E-state index contributed by atoms with van der Waals surface area (Å²) in [5.74, 6) is 0.494. The molecule has 0 aromatic carbocycles. The summed E-state index contributed by atoms with van der Waals surface area (Å²) in [7, 11) is 0. The van der Waals surface area contributed by atoms with Crippen LogP contribution in [0.15, 0.2) is 17.2 Å². The van der Waals surface area contributed by atoms with Crippen molar-refractivity contribution in [2.24, 2.45) is 0 Å². The second-order valence-corrected chi connectivity index (χ2v) is 4.55. The maximum atomic E-state index is 12.1. The molecule has 1 aliphatic heterocycles. The third kappa shape index (κ3) is 3.09. The van der Waals surface area contributed by atoms with E-state index in [1.54, 1.807) is 6.92 Å². The van der Waals surface area contributed by atoms with Crippen LogP contribution in [0, 0.1) is 0 Å². The summed E-state index contributed by atoms with van der Waals surface area (Å²) in [5, 5.41) is 2.96. The molecule has 0 bridgehead atoms. The molecule has 1 amide bonds. The van der Waals surface area contributed by atoms with Crippen LogP contribution in [-0.4, -0.2) is 39.9 Å². The van der Waals surface area contributed by atoms with Crippen LogP contribution < -0.4 is 10.9 Å². The number of carbonyl (C=O) groups is 1. The molecule has 1 unspecified atom stereocenters. The standard InChI is InChI=1S/C12H18N4O2/c1-9(12(18)16-5-3-2-4-6-16)15-10-7-11(17)14-8-13-10/h7-9H,2-6H2,1H3,(H2,13,14,15,17). The SMILES string of the molecule is CC(Nc1cc(=O)[nH]cn1)C(=O)N1CCCCC1. The molecule has 2 N–H and O–H groups in total. The van der Waals surface area contributed by atoms with Gasteiger partial charge in [-0.25, -0.2) is 4.98 Å². The molecule has 0 aliphatic carbocycles. The Hall–Kier alpha value is -1.85. The largest absolute Gasteiger partial charge is 0.358 e. The zero-order valence-corrected chi connectivity index (χ0v) is 10.5. The summed E-state index contributed by atoms with van der Waals surface area (Å²) in [5.41, 5.74) is -0.231. The number of hydrogen-bond donors (Lipinski definition) is 2. The first-order valence-electron chi connectivity index (χ1n) is 6.27. The Balaban J connectivity index is 1.96. The average Bonchev–Trinajstić information content (AvgIpc) is 2.39. The van der Waals surface area contributed by atoms with Crippen LogP contribution >= 0.6 is 0 Å². The molecule has 0 saturated carbocycles. The van der Waals surface area contributed by atoms with Crippen molar-refractivity contribution in [3.05, 3.63) is 22.7 Å². The monoisotopic (exact) mass is 250 g/mol. The molecule has 1 aliphatic rings. The predicted molar refractivity (Wildman–Crippen MR) is 68.4 cm³/mol. The van der Waals surface area contributed by atoms with Gasteiger partial charge in [-0.1, -0.05) is 0 Å².